The van der Waals surface area contributed by atoms with Crippen molar-refractivity contribution in [1.29, 1.82) is 0 Å². The summed E-state index contributed by atoms with van der Waals surface area (Å²) in [6, 6.07) is 0. The molecule has 1 rings (SSSR count). The van der Waals surface area contributed by atoms with Crippen LogP contribution in [0.1, 0.15) is 20.8 Å². The lowest BCUT2D eigenvalue weighted by molar-refractivity contribution is -0.123. The van der Waals surface area contributed by atoms with Crippen LogP contribution in [-0.4, -0.2) is 10.9 Å². The zero-order valence-electron chi connectivity index (χ0n) is 9.07. The number of carbonyl (C=O) groups is 1. The number of pyridine rings is 1. The highest BCUT2D eigenvalue weighted by Gasteiger charge is 2.23. The molecule has 0 radical (unpaired) electrons. The van der Waals surface area contributed by atoms with Crippen LogP contribution >= 0.6 is 34.2 Å². The van der Waals surface area contributed by atoms with E-state index in [1.54, 1.807) is 20.8 Å². The van der Waals surface area contributed by atoms with E-state index in [0.717, 1.165) is 6.20 Å². The largest absolute Gasteiger partial charge is 0.309 e. The Kier molecular flexibility index (Phi) is 4.12. The molecule has 0 saturated carbocycles. The Morgan fingerprint density at radius 2 is 2.12 bits per heavy atom. The Bertz CT molecular complexity index is 432. The molecule has 1 aromatic heterocycles. The highest BCUT2D eigenvalue weighted by Crippen LogP contribution is 2.27. The molecule has 0 bridgehead atoms. The minimum atomic E-state index is -0.597. The second kappa shape index (κ2) is 4.83. The number of aromatic nitrogens is 1. The molecule has 6 heteroatoms. The number of nitrogens with one attached hydrogen (secondary N) is 1. The molecule has 16 heavy (non-hydrogen) atoms. The summed E-state index contributed by atoms with van der Waals surface area (Å²) in [6.07, 6.45) is 0.989. The van der Waals surface area contributed by atoms with Crippen molar-refractivity contribution < 1.29 is 9.18 Å². The summed E-state index contributed by atoms with van der Waals surface area (Å²) in [5, 5.41) is 2.58. The van der Waals surface area contributed by atoms with Crippen LogP contribution in [0.4, 0.5) is 10.2 Å². The summed E-state index contributed by atoms with van der Waals surface area (Å²) in [7, 11) is 0. The van der Waals surface area contributed by atoms with Crippen molar-refractivity contribution in [2.24, 2.45) is 5.41 Å². The lowest BCUT2D eigenvalue weighted by atomic mass is 9.96. The molecule has 0 aromatic carbocycles. The molecule has 1 amide bonds. The van der Waals surface area contributed by atoms with Crippen LogP contribution in [0.2, 0.25) is 5.02 Å². The van der Waals surface area contributed by atoms with Gasteiger partial charge in [0.2, 0.25) is 5.91 Å². The molecule has 0 saturated heterocycles. The molecule has 0 aliphatic rings. The summed E-state index contributed by atoms with van der Waals surface area (Å²) < 4.78 is 13.4. The van der Waals surface area contributed by atoms with Crippen LogP contribution in [0.15, 0.2) is 6.20 Å². The van der Waals surface area contributed by atoms with Gasteiger partial charge < -0.3 is 5.32 Å². The van der Waals surface area contributed by atoms with E-state index in [0.29, 0.717) is 3.57 Å². The minimum Gasteiger partial charge on any atom is -0.309 e. The third kappa shape index (κ3) is 3.04. The van der Waals surface area contributed by atoms with Gasteiger partial charge in [0.05, 0.1) is 14.8 Å². The van der Waals surface area contributed by atoms with Gasteiger partial charge in [0.25, 0.3) is 0 Å². The Labute approximate surface area is 112 Å². The van der Waals surface area contributed by atoms with Gasteiger partial charge in [0.15, 0.2) is 5.82 Å². The molecule has 88 valence electrons. The molecular formula is C10H11ClFIN2O. The summed E-state index contributed by atoms with van der Waals surface area (Å²) in [4.78, 5) is 15.5. The van der Waals surface area contributed by atoms with Gasteiger partial charge in [0, 0.05) is 5.41 Å². The molecule has 0 fully saturated rings. The topological polar surface area (TPSA) is 42.0 Å². The lowest BCUT2D eigenvalue weighted by Crippen LogP contribution is -2.28. The third-order valence-electron chi connectivity index (χ3n) is 1.83. The molecule has 1 N–H and O–H groups in total. The SMILES string of the molecule is CC(C)(C)C(=O)Nc1ncc(F)c(Cl)c1I. The zero-order valence-corrected chi connectivity index (χ0v) is 12.0. The maximum absolute atomic E-state index is 13.0. The van der Waals surface area contributed by atoms with E-state index in [9.17, 15) is 9.18 Å². The third-order valence-corrected chi connectivity index (χ3v) is 3.57. The molecule has 0 aliphatic carbocycles. The molecule has 0 atom stereocenters. The molecule has 0 aliphatic heterocycles. The van der Waals surface area contributed by atoms with Crippen LogP contribution in [0.3, 0.4) is 0 Å². The van der Waals surface area contributed by atoms with E-state index in [1.165, 1.54) is 0 Å². The normalized spacial score (nSPS) is 11.4. The van der Waals surface area contributed by atoms with Crippen molar-refractivity contribution in [3.63, 3.8) is 0 Å². The van der Waals surface area contributed by atoms with E-state index in [2.05, 4.69) is 10.3 Å². The van der Waals surface area contributed by atoms with Gasteiger partial charge >= 0.3 is 0 Å². The lowest BCUT2D eigenvalue weighted by Gasteiger charge is -2.17. The van der Waals surface area contributed by atoms with Crippen LogP contribution in [0.25, 0.3) is 0 Å². The van der Waals surface area contributed by atoms with E-state index >= 15 is 0 Å². The number of anilines is 1. The van der Waals surface area contributed by atoms with E-state index in [-0.39, 0.29) is 16.7 Å². The molecular weight excluding hydrogens is 345 g/mol. The molecule has 3 nitrogen and oxygen atoms in total. The molecule has 0 spiro atoms. The fraction of sp³-hybridized carbons (Fsp3) is 0.400. The fourth-order valence-corrected chi connectivity index (χ4v) is 1.50. The van der Waals surface area contributed by atoms with Crippen molar-refractivity contribution in [3.8, 4) is 0 Å². The van der Waals surface area contributed by atoms with E-state index in [4.69, 9.17) is 11.6 Å². The van der Waals surface area contributed by atoms with Crippen LogP contribution < -0.4 is 5.32 Å². The van der Waals surface area contributed by atoms with E-state index < -0.39 is 11.2 Å². The highest BCUT2D eigenvalue weighted by atomic mass is 127. The van der Waals surface area contributed by atoms with Crippen molar-refractivity contribution >= 4 is 45.9 Å². The Morgan fingerprint density at radius 3 is 2.62 bits per heavy atom. The van der Waals surface area contributed by atoms with Crippen molar-refractivity contribution in [2.75, 3.05) is 5.32 Å². The standard InChI is InChI=1S/C10H11ClFIN2O/c1-10(2,3)9(16)15-8-7(13)6(11)5(12)4-14-8/h4H,1-3H3,(H,14,15,16). The number of nitrogens with zero attached hydrogens (tertiary/aromatic N) is 1. The zero-order chi connectivity index (χ0) is 12.5. The number of hydrogen-bond acceptors (Lipinski definition) is 2. The van der Waals surface area contributed by atoms with Gasteiger partial charge in [-0.05, 0) is 22.6 Å². The first-order chi connectivity index (χ1) is 7.23. The van der Waals surface area contributed by atoms with Gasteiger partial charge in [-0.15, -0.1) is 0 Å². The second-order valence-corrected chi connectivity index (χ2v) is 5.74. The predicted molar refractivity (Wildman–Crippen MR) is 70.0 cm³/mol. The number of hydrogen-bond donors (Lipinski definition) is 1. The van der Waals surface area contributed by atoms with Crippen LogP contribution in [0.5, 0.6) is 0 Å². The molecule has 1 heterocycles. The van der Waals surface area contributed by atoms with Crippen LogP contribution in [-0.2, 0) is 4.79 Å². The monoisotopic (exact) mass is 356 g/mol. The van der Waals surface area contributed by atoms with Crippen LogP contribution in [0, 0.1) is 14.8 Å². The van der Waals surface area contributed by atoms with Crippen molar-refractivity contribution in [1.82, 2.24) is 4.98 Å². The predicted octanol–water partition coefficient (Wildman–Crippen LogP) is 3.46. The molecule has 1 aromatic rings. The fourth-order valence-electron chi connectivity index (χ4n) is 0.826. The number of amides is 1. The second-order valence-electron chi connectivity index (χ2n) is 4.29. The number of carbonyl (C=O) groups excluding carboxylic acids is 1. The van der Waals surface area contributed by atoms with Crippen molar-refractivity contribution in [2.45, 2.75) is 20.8 Å². The van der Waals surface area contributed by atoms with Gasteiger partial charge in [-0.3, -0.25) is 4.79 Å². The maximum atomic E-state index is 13.0. The summed E-state index contributed by atoms with van der Waals surface area (Å²) in [5.74, 6) is -0.507. The highest BCUT2D eigenvalue weighted by molar-refractivity contribution is 14.1. The first kappa shape index (κ1) is 13.6. The Hall–Kier alpha value is -0.430. The molecule has 0 unspecified atom stereocenters. The van der Waals surface area contributed by atoms with Gasteiger partial charge in [0.1, 0.15) is 5.82 Å². The van der Waals surface area contributed by atoms with Gasteiger partial charge in [-0.25, -0.2) is 9.37 Å². The van der Waals surface area contributed by atoms with Gasteiger partial charge in [-0.1, -0.05) is 32.4 Å². The van der Waals surface area contributed by atoms with Gasteiger partial charge in [-0.2, -0.15) is 0 Å². The average molecular weight is 357 g/mol. The van der Waals surface area contributed by atoms with Crippen molar-refractivity contribution in [3.05, 3.63) is 20.6 Å². The van der Waals surface area contributed by atoms with E-state index in [1.807, 2.05) is 22.6 Å². The quantitative estimate of drug-likeness (QED) is 0.783. The smallest absolute Gasteiger partial charge is 0.230 e. The Balaban J connectivity index is 3.00. The summed E-state index contributed by atoms with van der Waals surface area (Å²) in [6.45, 7) is 5.33. The number of halogens is 3. The number of rotatable bonds is 1. The first-order valence-electron chi connectivity index (χ1n) is 4.54. The summed E-state index contributed by atoms with van der Waals surface area (Å²) in [5.41, 5.74) is -0.536. The average Bonchev–Trinajstić information content (AvgIpc) is 2.17. The Morgan fingerprint density at radius 1 is 1.56 bits per heavy atom. The maximum Gasteiger partial charge on any atom is 0.230 e. The minimum absolute atomic E-state index is 0.0280. The first-order valence-corrected chi connectivity index (χ1v) is 6.00. The summed E-state index contributed by atoms with van der Waals surface area (Å²) >= 11 is 7.55.